The van der Waals surface area contributed by atoms with Crippen molar-refractivity contribution < 1.29 is 19.0 Å². The number of carbonyl (C=O) groups excluding carboxylic acids is 1. The first-order valence-electron chi connectivity index (χ1n) is 5.44. The van der Waals surface area contributed by atoms with Crippen molar-refractivity contribution in [3.8, 4) is 11.5 Å². The molecular weight excluding hydrogens is 232 g/mol. The number of ether oxygens (including phenoxy) is 3. The maximum absolute atomic E-state index is 11.9. The van der Waals surface area contributed by atoms with E-state index in [-0.39, 0.29) is 0 Å². The van der Waals surface area contributed by atoms with Crippen LogP contribution in [0.5, 0.6) is 11.5 Å². The van der Waals surface area contributed by atoms with Crippen LogP contribution in [0, 0.1) is 0 Å². The van der Waals surface area contributed by atoms with Gasteiger partial charge in [-0.05, 0) is 23.6 Å². The number of rotatable bonds is 3. The van der Waals surface area contributed by atoms with Gasteiger partial charge in [-0.2, -0.15) is 0 Å². The highest BCUT2D eigenvalue weighted by molar-refractivity contribution is 6.07. The molecule has 0 atom stereocenters. The van der Waals surface area contributed by atoms with Gasteiger partial charge in [-0.25, -0.2) is 4.79 Å². The van der Waals surface area contributed by atoms with Crippen molar-refractivity contribution in [2.75, 3.05) is 21.3 Å². The summed E-state index contributed by atoms with van der Waals surface area (Å²) in [5.74, 6) is 0.745. The first-order valence-corrected chi connectivity index (χ1v) is 5.44. The van der Waals surface area contributed by atoms with Gasteiger partial charge in [0.15, 0.2) is 0 Å². The summed E-state index contributed by atoms with van der Waals surface area (Å²) >= 11 is 0. The largest absolute Gasteiger partial charge is 0.497 e. The Kier molecular flexibility index (Phi) is 3.37. The second kappa shape index (κ2) is 4.96. The predicted molar refractivity (Wildman–Crippen MR) is 68.4 cm³/mol. The molecule has 0 aromatic heterocycles. The molecule has 0 fully saturated rings. The van der Waals surface area contributed by atoms with E-state index in [0.717, 1.165) is 10.8 Å². The van der Waals surface area contributed by atoms with Crippen molar-refractivity contribution in [2.45, 2.75) is 0 Å². The van der Waals surface area contributed by atoms with Crippen LogP contribution < -0.4 is 9.47 Å². The predicted octanol–water partition coefficient (Wildman–Crippen LogP) is 2.64. The molecule has 0 spiro atoms. The molecule has 0 amide bonds. The second-order valence-corrected chi connectivity index (χ2v) is 3.72. The molecule has 0 aliphatic heterocycles. The van der Waals surface area contributed by atoms with E-state index in [1.807, 2.05) is 18.2 Å². The van der Waals surface area contributed by atoms with E-state index in [1.54, 1.807) is 19.2 Å². The molecule has 2 aromatic rings. The molecule has 0 saturated carbocycles. The summed E-state index contributed by atoms with van der Waals surface area (Å²) in [7, 11) is 4.45. The van der Waals surface area contributed by atoms with E-state index >= 15 is 0 Å². The Labute approximate surface area is 105 Å². The van der Waals surface area contributed by atoms with E-state index in [2.05, 4.69) is 0 Å². The Morgan fingerprint density at radius 1 is 1.00 bits per heavy atom. The van der Waals surface area contributed by atoms with E-state index in [1.165, 1.54) is 14.2 Å². The van der Waals surface area contributed by atoms with E-state index in [9.17, 15) is 4.79 Å². The minimum Gasteiger partial charge on any atom is -0.497 e. The summed E-state index contributed by atoms with van der Waals surface area (Å²) in [5, 5.41) is 1.68. The molecule has 0 saturated heterocycles. The second-order valence-electron chi connectivity index (χ2n) is 3.72. The van der Waals surface area contributed by atoms with Crippen molar-refractivity contribution in [1.29, 1.82) is 0 Å². The Balaban J connectivity index is 2.78. The van der Waals surface area contributed by atoms with Gasteiger partial charge in [-0.3, -0.25) is 0 Å². The molecule has 0 radical (unpaired) electrons. The zero-order valence-corrected chi connectivity index (χ0v) is 10.5. The Bertz CT molecular complexity index is 584. The van der Waals surface area contributed by atoms with Gasteiger partial charge in [0.2, 0.25) is 0 Å². The number of carbonyl (C=O) groups is 1. The topological polar surface area (TPSA) is 44.8 Å². The van der Waals surface area contributed by atoms with Crippen LogP contribution >= 0.6 is 0 Å². The van der Waals surface area contributed by atoms with Gasteiger partial charge in [0.25, 0.3) is 0 Å². The molecule has 0 aliphatic carbocycles. The molecule has 4 nitrogen and oxygen atoms in total. The molecular formula is C14H14O4. The van der Waals surface area contributed by atoms with Crippen LogP contribution in [0.1, 0.15) is 10.4 Å². The van der Waals surface area contributed by atoms with Crippen LogP contribution in [0.15, 0.2) is 30.3 Å². The van der Waals surface area contributed by atoms with Gasteiger partial charge in [0, 0.05) is 5.39 Å². The van der Waals surface area contributed by atoms with Gasteiger partial charge in [0.1, 0.15) is 17.1 Å². The van der Waals surface area contributed by atoms with Crippen LogP contribution in [-0.2, 0) is 4.74 Å². The lowest BCUT2D eigenvalue weighted by molar-refractivity contribution is 0.0599. The average Bonchev–Trinajstić information content (AvgIpc) is 2.44. The molecule has 0 bridgehead atoms. The van der Waals surface area contributed by atoms with Crippen LogP contribution in [0.3, 0.4) is 0 Å². The fourth-order valence-electron chi connectivity index (χ4n) is 1.89. The number of esters is 1. The van der Waals surface area contributed by atoms with Crippen molar-refractivity contribution in [3.05, 3.63) is 35.9 Å². The Hall–Kier alpha value is -2.23. The van der Waals surface area contributed by atoms with Gasteiger partial charge >= 0.3 is 5.97 Å². The van der Waals surface area contributed by atoms with Crippen LogP contribution in [0.2, 0.25) is 0 Å². The van der Waals surface area contributed by atoms with Gasteiger partial charge in [0.05, 0.1) is 21.3 Å². The number of benzene rings is 2. The highest BCUT2D eigenvalue weighted by Crippen LogP contribution is 2.31. The molecule has 94 valence electrons. The van der Waals surface area contributed by atoms with Crippen LogP contribution in [-0.4, -0.2) is 27.3 Å². The molecule has 0 unspecified atom stereocenters. The lowest BCUT2D eigenvalue weighted by Gasteiger charge is -2.11. The van der Waals surface area contributed by atoms with Gasteiger partial charge in [-0.1, -0.05) is 12.1 Å². The Morgan fingerprint density at radius 2 is 1.72 bits per heavy atom. The van der Waals surface area contributed by atoms with Crippen molar-refractivity contribution in [1.82, 2.24) is 0 Å². The molecule has 2 aromatic carbocycles. The quantitative estimate of drug-likeness (QED) is 0.781. The summed E-state index contributed by atoms with van der Waals surface area (Å²) in [6, 6.07) is 9.17. The standard InChI is InChI=1S/C14H14O4/c1-16-10-6-4-9-5-7-12(17-2)13(11(9)8-10)14(15)18-3/h4-8H,1-3H3. The fraction of sp³-hybridized carbons (Fsp3) is 0.214. The highest BCUT2D eigenvalue weighted by atomic mass is 16.5. The van der Waals surface area contributed by atoms with Crippen molar-refractivity contribution in [2.24, 2.45) is 0 Å². The minimum absolute atomic E-state index is 0.413. The maximum atomic E-state index is 11.9. The summed E-state index contributed by atoms with van der Waals surface area (Å²) in [6.07, 6.45) is 0. The van der Waals surface area contributed by atoms with Crippen LogP contribution in [0.25, 0.3) is 10.8 Å². The monoisotopic (exact) mass is 246 g/mol. The lowest BCUT2D eigenvalue weighted by Crippen LogP contribution is -2.05. The van der Waals surface area contributed by atoms with E-state index < -0.39 is 5.97 Å². The third-order valence-electron chi connectivity index (χ3n) is 2.80. The lowest BCUT2D eigenvalue weighted by atomic mass is 10.0. The minimum atomic E-state index is -0.425. The molecule has 4 heteroatoms. The third-order valence-corrected chi connectivity index (χ3v) is 2.80. The van der Waals surface area contributed by atoms with Gasteiger partial charge in [-0.15, -0.1) is 0 Å². The van der Waals surface area contributed by atoms with Crippen molar-refractivity contribution >= 4 is 16.7 Å². The number of hydrogen-bond acceptors (Lipinski definition) is 4. The van der Waals surface area contributed by atoms with Crippen molar-refractivity contribution in [3.63, 3.8) is 0 Å². The Morgan fingerprint density at radius 3 is 2.33 bits per heavy atom. The van der Waals surface area contributed by atoms with Gasteiger partial charge < -0.3 is 14.2 Å². The third kappa shape index (κ3) is 1.97. The molecule has 0 heterocycles. The zero-order chi connectivity index (χ0) is 13.1. The van der Waals surface area contributed by atoms with E-state index in [4.69, 9.17) is 14.2 Å². The molecule has 0 N–H and O–H groups in total. The summed E-state index contributed by atoms with van der Waals surface area (Å²) < 4.78 is 15.2. The first-order chi connectivity index (χ1) is 8.71. The normalized spacial score (nSPS) is 10.2. The highest BCUT2D eigenvalue weighted by Gasteiger charge is 2.17. The summed E-state index contributed by atoms with van der Waals surface area (Å²) in [5.41, 5.74) is 0.413. The summed E-state index contributed by atoms with van der Waals surface area (Å²) in [6.45, 7) is 0. The number of fused-ring (bicyclic) bond motifs is 1. The molecule has 18 heavy (non-hydrogen) atoms. The molecule has 0 aliphatic rings. The van der Waals surface area contributed by atoms with Crippen LogP contribution in [0.4, 0.5) is 0 Å². The number of methoxy groups -OCH3 is 3. The molecule has 2 rings (SSSR count). The SMILES string of the molecule is COC(=O)c1c(OC)ccc2ccc(OC)cc12. The first kappa shape index (κ1) is 12.2. The zero-order valence-electron chi connectivity index (χ0n) is 10.5. The average molecular weight is 246 g/mol. The summed E-state index contributed by atoms with van der Waals surface area (Å²) in [4.78, 5) is 11.9. The number of hydrogen-bond donors (Lipinski definition) is 0. The smallest absolute Gasteiger partial charge is 0.342 e. The fourth-order valence-corrected chi connectivity index (χ4v) is 1.89. The van der Waals surface area contributed by atoms with E-state index in [0.29, 0.717) is 17.1 Å². The maximum Gasteiger partial charge on any atom is 0.342 e.